The minimum absolute atomic E-state index is 0.0681. The molecule has 0 fully saturated rings. The lowest BCUT2D eigenvalue weighted by Crippen LogP contribution is -2.18. The zero-order valence-corrected chi connectivity index (χ0v) is 14.0. The number of carbonyl (C=O) groups is 2. The number of rotatable bonds is 6. The Bertz CT molecular complexity index is 747. The van der Waals surface area contributed by atoms with Gasteiger partial charge in [-0.25, -0.2) is 9.97 Å². The molecule has 24 heavy (non-hydrogen) atoms. The number of Topliss-reactive ketones (excluding diaryl/α,β-unsaturated/α-hetero) is 1. The lowest BCUT2D eigenvalue weighted by molar-refractivity contribution is -0.141. The van der Waals surface area contributed by atoms with Gasteiger partial charge in [0.2, 0.25) is 5.91 Å². The van der Waals surface area contributed by atoms with Crippen molar-refractivity contribution in [1.29, 1.82) is 0 Å². The minimum atomic E-state index is -4.55. The fourth-order valence-corrected chi connectivity index (χ4v) is 3.29. The highest BCUT2D eigenvalue weighted by atomic mass is 32.2. The molecule has 0 unspecified atom stereocenters. The summed E-state index contributed by atoms with van der Waals surface area (Å²) in [5, 5.41) is 2.52. The SMILES string of the molecule is CC(=O)NCc1ccc(C(=O)CSc2nccc(C(F)(F)F)n2)s1. The van der Waals surface area contributed by atoms with E-state index in [9.17, 15) is 22.8 Å². The highest BCUT2D eigenvalue weighted by molar-refractivity contribution is 7.99. The summed E-state index contributed by atoms with van der Waals surface area (Å²) >= 11 is 2.07. The van der Waals surface area contributed by atoms with E-state index < -0.39 is 11.9 Å². The number of hydrogen-bond acceptors (Lipinski definition) is 6. The van der Waals surface area contributed by atoms with Crippen molar-refractivity contribution in [2.75, 3.05) is 5.75 Å². The number of halogens is 3. The summed E-state index contributed by atoms with van der Waals surface area (Å²) in [4.78, 5) is 31.3. The van der Waals surface area contributed by atoms with Crippen LogP contribution in [0.3, 0.4) is 0 Å². The second kappa shape index (κ2) is 7.75. The van der Waals surface area contributed by atoms with E-state index in [1.807, 2.05) is 0 Å². The van der Waals surface area contributed by atoms with Crippen molar-refractivity contribution in [3.63, 3.8) is 0 Å². The third-order valence-electron chi connectivity index (χ3n) is 2.70. The van der Waals surface area contributed by atoms with Crippen LogP contribution in [0.25, 0.3) is 0 Å². The zero-order chi connectivity index (χ0) is 17.7. The molecule has 1 N–H and O–H groups in total. The molecular weight excluding hydrogens is 363 g/mol. The van der Waals surface area contributed by atoms with E-state index in [0.717, 1.165) is 28.9 Å². The van der Waals surface area contributed by atoms with Crippen molar-refractivity contribution in [3.8, 4) is 0 Å². The minimum Gasteiger partial charge on any atom is -0.351 e. The molecule has 0 aliphatic rings. The van der Waals surface area contributed by atoms with E-state index in [4.69, 9.17) is 0 Å². The predicted octanol–water partition coefficient (Wildman–Crippen LogP) is 3.17. The van der Waals surface area contributed by atoms with Gasteiger partial charge in [-0.2, -0.15) is 13.2 Å². The van der Waals surface area contributed by atoms with Crippen molar-refractivity contribution in [3.05, 3.63) is 39.8 Å². The number of ketones is 1. The first-order valence-electron chi connectivity index (χ1n) is 6.65. The number of nitrogens with zero attached hydrogens (tertiary/aromatic N) is 2. The summed E-state index contributed by atoms with van der Waals surface area (Å²) in [6.45, 7) is 1.72. The van der Waals surface area contributed by atoms with Crippen LogP contribution in [0, 0.1) is 0 Å². The Morgan fingerprint density at radius 2 is 2.04 bits per heavy atom. The summed E-state index contributed by atoms with van der Waals surface area (Å²) in [5.41, 5.74) is -1.04. The van der Waals surface area contributed by atoms with E-state index >= 15 is 0 Å². The summed E-state index contributed by atoms with van der Waals surface area (Å²) in [6, 6.07) is 4.12. The Kier molecular flexibility index (Phi) is 5.94. The Balaban J connectivity index is 1.95. The number of carbonyl (C=O) groups excluding carboxylic acids is 2. The fraction of sp³-hybridized carbons (Fsp3) is 0.286. The number of aromatic nitrogens is 2. The highest BCUT2D eigenvalue weighted by Crippen LogP contribution is 2.28. The quantitative estimate of drug-likeness (QED) is 0.477. The molecule has 0 spiro atoms. The smallest absolute Gasteiger partial charge is 0.351 e. The Hall–Kier alpha value is -1.94. The molecule has 0 radical (unpaired) electrons. The van der Waals surface area contributed by atoms with Gasteiger partial charge in [0.05, 0.1) is 17.2 Å². The number of alkyl halides is 3. The van der Waals surface area contributed by atoms with Gasteiger partial charge in [0.1, 0.15) is 5.69 Å². The largest absolute Gasteiger partial charge is 0.433 e. The molecule has 128 valence electrons. The summed E-state index contributed by atoms with van der Waals surface area (Å²) in [7, 11) is 0. The molecule has 10 heteroatoms. The maximum atomic E-state index is 12.6. The molecule has 0 atom stereocenters. The summed E-state index contributed by atoms with van der Waals surface area (Å²) in [6.07, 6.45) is -3.53. The Morgan fingerprint density at radius 1 is 1.29 bits per heavy atom. The molecule has 0 aliphatic carbocycles. The van der Waals surface area contributed by atoms with Crippen LogP contribution >= 0.6 is 23.1 Å². The van der Waals surface area contributed by atoms with E-state index in [2.05, 4.69) is 15.3 Å². The molecule has 2 aromatic rings. The van der Waals surface area contributed by atoms with Crippen molar-refractivity contribution >= 4 is 34.8 Å². The summed E-state index contributed by atoms with van der Waals surface area (Å²) in [5.74, 6) is -0.477. The van der Waals surface area contributed by atoms with Crippen LogP contribution in [0.15, 0.2) is 29.6 Å². The predicted molar refractivity (Wildman–Crippen MR) is 83.9 cm³/mol. The first-order chi connectivity index (χ1) is 11.3. The number of nitrogens with one attached hydrogen (secondary N) is 1. The fourth-order valence-electron chi connectivity index (χ4n) is 1.60. The third-order valence-corrected chi connectivity index (χ3v) is 4.69. The molecule has 2 rings (SSSR count). The van der Waals surface area contributed by atoms with Crippen molar-refractivity contribution in [2.24, 2.45) is 0 Å². The first kappa shape index (κ1) is 18.4. The topological polar surface area (TPSA) is 72.0 Å². The van der Waals surface area contributed by atoms with Gasteiger partial charge in [-0.05, 0) is 18.2 Å². The van der Waals surface area contributed by atoms with Crippen molar-refractivity contribution < 1.29 is 22.8 Å². The highest BCUT2D eigenvalue weighted by Gasteiger charge is 2.32. The second-order valence-corrected chi connectivity index (χ2v) is 6.72. The Labute approximate surface area is 143 Å². The van der Waals surface area contributed by atoms with E-state index in [-0.39, 0.29) is 22.6 Å². The average Bonchev–Trinajstić information content (AvgIpc) is 2.99. The number of hydrogen-bond donors (Lipinski definition) is 1. The lowest BCUT2D eigenvalue weighted by atomic mass is 10.3. The molecule has 5 nitrogen and oxygen atoms in total. The van der Waals surface area contributed by atoms with Crippen LogP contribution in [-0.2, 0) is 17.5 Å². The van der Waals surface area contributed by atoms with Crippen LogP contribution in [0.4, 0.5) is 13.2 Å². The van der Waals surface area contributed by atoms with E-state index in [1.165, 1.54) is 18.3 Å². The molecule has 2 aromatic heterocycles. The van der Waals surface area contributed by atoms with Gasteiger partial charge in [0.25, 0.3) is 0 Å². The molecule has 2 heterocycles. The van der Waals surface area contributed by atoms with Gasteiger partial charge >= 0.3 is 6.18 Å². The van der Waals surface area contributed by atoms with Crippen LogP contribution in [0.1, 0.15) is 27.2 Å². The van der Waals surface area contributed by atoms with Crippen LogP contribution in [0.5, 0.6) is 0 Å². The first-order valence-corrected chi connectivity index (χ1v) is 8.45. The molecule has 0 saturated heterocycles. The van der Waals surface area contributed by atoms with Gasteiger partial charge < -0.3 is 5.32 Å². The van der Waals surface area contributed by atoms with Crippen LogP contribution in [0.2, 0.25) is 0 Å². The number of thioether (sulfide) groups is 1. The third kappa shape index (κ3) is 5.31. The van der Waals surface area contributed by atoms with Gasteiger partial charge in [0, 0.05) is 18.0 Å². The molecular formula is C14H12F3N3O2S2. The monoisotopic (exact) mass is 375 g/mol. The van der Waals surface area contributed by atoms with Crippen molar-refractivity contribution in [1.82, 2.24) is 15.3 Å². The van der Waals surface area contributed by atoms with Gasteiger partial charge in [-0.1, -0.05) is 11.8 Å². The van der Waals surface area contributed by atoms with E-state index in [0.29, 0.717) is 11.4 Å². The molecule has 0 aromatic carbocycles. The molecule has 1 amide bonds. The second-order valence-electron chi connectivity index (χ2n) is 4.61. The van der Waals surface area contributed by atoms with E-state index in [1.54, 1.807) is 12.1 Å². The number of amides is 1. The molecule has 0 aliphatic heterocycles. The maximum absolute atomic E-state index is 12.6. The van der Waals surface area contributed by atoms with Gasteiger partial charge in [0.15, 0.2) is 10.9 Å². The van der Waals surface area contributed by atoms with Gasteiger partial charge in [-0.15, -0.1) is 11.3 Å². The standard InChI is InChI=1S/C14H12F3N3O2S2/c1-8(21)19-6-9-2-3-11(24-9)10(22)7-23-13-18-5-4-12(20-13)14(15,16)17/h2-5H,6-7H2,1H3,(H,19,21). The Morgan fingerprint density at radius 3 is 2.71 bits per heavy atom. The van der Waals surface area contributed by atoms with Crippen LogP contribution < -0.4 is 5.32 Å². The lowest BCUT2D eigenvalue weighted by Gasteiger charge is -2.06. The maximum Gasteiger partial charge on any atom is 0.433 e. The van der Waals surface area contributed by atoms with Crippen molar-refractivity contribution in [2.45, 2.75) is 24.8 Å². The summed E-state index contributed by atoms with van der Waals surface area (Å²) < 4.78 is 37.7. The normalized spacial score (nSPS) is 11.3. The molecule has 0 saturated carbocycles. The van der Waals surface area contributed by atoms with Gasteiger partial charge in [-0.3, -0.25) is 9.59 Å². The average molecular weight is 375 g/mol. The van der Waals surface area contributed by atoms with Crippen LogP contribution in [-0.4, -0.2) is 27.4 Å². The molecule has 0 bridgehead atoms. The zero-order valence-electron chi connectivity index (χ0n) is 12.4. The number of thiophene rings is 1.